The average molecular weight is 499 g/mol. The molecule has 0 amide bonds. The molecule has 0 radical (unpaired) electrons. The smallest absolute Gasteiger partial charge is 0.226 e. The van der Waals surface area contributed by atoms with Crippen LogP contribution in [0, 0.1) is 5.41 Å². The second kappa shape index (κ2) is 8.64. The molecule has 0 saturated carbocycles. The van der Waals surface area contributed by atoms with Gasteiger partial charge in [-0.2, -0.15) is 10.1 Å². The number of anilines is 1. The Bertz CT molecular complexity index is 1320. The maximum Gasteiger partial charge on any atom is 0.226 e. The van der Waals surface area contributed by atoms with Crippen LogP contribution in [0.4, 0.5) is 5.95 Å². The van der Waals surface area contributed by atoms with E-state index in [4.69, 9.17) is 32.7 Å². The maximum absolute atomic E-state index is 13.3. The van der Waals surface area contributed by atoms with Gasteiger partial charge in [-0.1, -0.05) is 49.2 Å². The summed E-state index contributed by atoms with van der Waals surface area (Å²) in [4.78, 5) is 17.6. The first-order valence-corrected chi connectivity index (χ1v) is 11.7. The van der Waals surface area contributed by atoms with Crippen LogP contribution in [0.15, 0.2) is 54.0 Å². The molecule has 0 spiro atoms. The lowest BCUT2D eigenvalue weighted by Crippen LogP contribution is -2.36. The molecule has 0 fully saturated rings. The van der Waals surface area contributed by atoms with E-state index in [2.05, 4.69) is 29.2 Å². The molecular weight excluding hydrogens is 475 g/mol. The van der Waals surface area contributed by atoms with Crippen molar-refractivity contribution in [3.63, 3.8) is 0 Å². The number of methoxy groups -OCH3 is 1. The average Bonchev–Trinajstić information content (AvgIpc) is 3.25. The van der Waals surface area contributed by atoms with Gasteiger partial charge in [-0.15, -0.1) is 0 Å². The molecule has 0 bridgehead atoms. The molecule has 1 atom stereocenters. The minimum absolute atomic E-state index is 0.115. The summed E-state index contributed by atoms with van der Waals surface area (Å²) in [5.74, 6) is 1.87. The highest BCUT2D eigenvalue weighted by Crippen LogP contribution is 2.46. The number of aromatic nitrogens is 3. The van der Waals surface area contributed by atoms with Gasteiger partial charge in [0.05, 0.1) is 17.2 Å². The fourth-order valence-electron chi connectivity index (χ4n) is 4.62. The van der Waals surface area contributed by atoms with Gasteiger partial charge in [-0.25, -0.2) is 4.68 Å². The molecule has 2 aliphatic rings. The number of halogens is 2. The zero-order valence-corrected chi connectivity index (χ0v) is 20.6. The van der Waals surface area contributed by atoms with Crippen molar-refractivity contribution in [2.24, 2.45) is 5.41 Å². The molecule has 1 aliphatic carbocycles. The van der Waals surface area contributed by atoms with Gasteiger partial charge >= 0.3 is 0 Å². The van der Waals surface area contributed by atoms with Gasteiger partial charge in [0.2, 0.25) is 5.95 Å². The Hall–Kier alpha value is -3.03. The largest absolute Gasteiger partial charge is 0.493 e. The number of allylic oxidation sites excluding steroid dienone is 2. The molecule has 1 aromatic heterocycles. The number of fused-ring (bicyclic) bond motifs is 1. The van der Waals surface area contributed by atoms with Gasteiger partial charge < -0.3 is 14.8 Å². The van der Waals surface area contributed by atoms with E-state index < -0.39 is 6.04 Å². The molecule has 1 unspecified atom stereocenters. The van der Waals surface area contributed by atoms with Crippen molar-refractivity contribution < 1.29 is 14.3 Å². The molecule has 1 aliphatic heterocycles. The highest BCUT2D eigenvalue weighted by atomic mass is 35.5. The summed E-state index contributed by atoms with van der Waals surface area (Å²) in [5.41, 5.74) is 3.27. The van der Waals surface area contributed by atoms with Crippen molar-refractivity contribution in [1.82, 2.24) is 14.8 Å². The van der Waals surface area contributed by atoms with Crippen LogP contribution in [-0.2, 0) is 11.4 Å². The number of rotatable bonds is 5. The first-order chi connectivity index (χ1) is 16.3. The van der Waals surface area contributed by atoms with E-state index in [1.807, 2.05) is 24.3 Å². The predicted molar refractivity (Wildman–Crippen MR) is 131 cm³/mol. The second-order valence-corrected chi connectivity index (χ2v) is 10.2. The van der Waals surface area contributed by atoms with Crippen molar-refractivity contribution in [1.29, 1.82) is 0 Å². The molecule has 176 valence electrons. The van der Waals surface area contributed by atoms with Gasteiger partial charge in [-0.3, -0.25) is 4.79 Å². The Balaban J connectivity index is 1.49. The molecule has 1 N–H and O–H groups in total. The highest BCUT2D eigenvalue weighted by molar-refractivity contribution is 6.42. The third-order valence-corrected chi connectivity index (χ3v) is 6.89. The minimum atomic E-state index is -0.393. The van der Waals surface area contributed by atoms with Crippen LogP contribution < -0.4 is 14.8 Å². The molecule has 0 saturated heterocycles. The summed E-state index contributed by atoms with van der Waals surface area (Å²) < 4.78 is 13.4. The molecule has 7 nitrogen and oxygen atoms in total. The number of ketones is 1. The number of ether oxygens (including phenoxy) is 2. The predicted octanol–water partition coefficient (Wildman–Crippen LogP) is 5.83. The van der Waals surface area contributed by atoms with E-state index in [1.165, 1.54) is 6.33 Å². The van der Waals surface area contributed by atoms with Crippen molar-refractivity contribution in [2.45, 2.75) is 39.3 Å². The molecule has 34 heavy (non-hydrogen) atoms. The number of benzene rings is 2. The van der Waals surface area contributed by atoms with Gasteiger partial charge in [0.1, 0.15) is 19.0 Å². The summed E-state index contributed by atoms with van der Waals surface area (Å²) in [6.07, 6.45) is 2.74. The summed E-state index contributed by atoms with van der Waals surface area (Å²) in [5, 5.41) is 8.70. The van der Waals surface area contributed by atoms with E-state index >= 15 is 0 Å². The third kappa shape index (κ3) is 4.14. The van der Waals surface area contributed by atoms with Crippen LogP contribution in [-0.4, -0.2) is 27.7 Å². The molecule has 2 aromatic carbocycles. The molecular formula is C25H24Cl2N4O3. The topological polar surface area (TPSA) is 78.3 Å². The zero-order chi connectivity index (χ0) is 24.0. The van der Waals surface area contributed by atoms with Crippen molar-refractivity contribution in [3.05, 3.63) is 75.2 Å². The molecule has 9 heteroatoms. The second-order valence-electron chi connectivity index (χ2n) is 9.34. The van der Waals surface area contributed by atoms with Gasteiger partial charge in [-0.05, 0) is 47.2 Å². The Morgan fingerprint density at radius 3 is 2.71 bits per heavy atom. The summed E-state index contributed by atoms with van der Waals surface area (Å²) >= 11 is 12.1. The summed E-state index contributed by atoms with van der Waals surface area (Å²) in [7, 11) is 1.59. The zero-order valence-electron chi connectivity index (χ0n) is 19.1. The van der Waals surface area contributed by atoms with Crippen LogP contribution in [0.3, 0.4) is 0 Å². The number of nitrogens with one attached hydrogen (secondary N) is 1. The van der Waals surface area contributed by atoms with E-state index in [0.29, 0.717) is 40.5 Å². The van der Waals surface area contributed by atoms with E-state index in [-0.39, 0.29) is 11.2 Å². The molecule has 3 aromatic rings. The Morgan fingerprint density at radius 2 is 1.94 bits per heavy atom. The number of nitrogens with zero attached hydrogens (tertiary/aromatic N) is 3. The number of carbonyl (C=O) groups is 1. The van der Waals surface area contributed by atoms with Crippen molar-refractivity contribution >= 4 is 34.9 Å². The van der Waals surface area contributed by atoms with E-state index in [1.54, 1.807) is 23.9 Å². The van der Waals surface area contributed by atoms with Crippen molar-refractivity contribution in [2.75, 3.05) is 12.4 Å². The standard InChI is InChI=1S/C25H24Cl2N4O3/c1-25(2)10-18-22(19(32)11-25)23(31-24(30-18)28-13-29-31)15-5-7-20(21(9-15)33-3)34-12-14-4-6-16(26)17(27)8-14/h4-9,13,23H,10-12H2,1-3H3,(H,28,29,30). The van der Waals surface area contributed by atoms with E-state index in [0.717, 1.165) is 28.8 Å². The first-order valence-electron chi connectivity index (χ1n) is 10.9. The van der Waals surface area contributed by atoms with Crippen LogP contribution in [0.25, 0.3) is 0 Å². The number of hydrogen-bond donors (Lipinski definition) is 1. The Kier molecular flexibility index (Phi) is 5.78. The highest BCUT2D eigenvalue weighted by Gasteiger charge is 2.41. The fourth-order valence-corrected chi connectivity index (χ4v) is 4.94. The fraction of sp³-hybridized carbons (Fsp3) is 0.320. The monoisotopic (exact) mass is 498 g/mol. The first kappa shape index (κ1) is 22.7. The minimum Gasteiger partial charge on any atom is -0.493 e. The third-order valence-electron chi connectivity index (χ3n) is 6.16. The summed E-state index contributed by atoms with van der Waals surface area (Å²) in [6.45, 7) is 4.51. The van der Waals surface area contributed by atoms with Crippen LogP contribution in [0.2, 0.25) is 10.0 Å². The number of carbonyl (C=O) groups excluding carboxylic acids is 1. The number of Topliss-reactive ketones (excluding diaryl/α,β-unsaturated/α-hetero) is 1. The van der Waals surface area contributed by atoms with Crippen LogP contribution in [0.1, 0.15) is 43.9 Å². The Morgan fingerprint density at radius 1 is 1.12 bits per heavy atom. The normalized spacial score (nSPS) is 18.7. The van der Waals surface area contributed by atoms with Gasteiger partial charge in [0, 0.05) is 17.7 Å². The van der Waals surface area contributed by atoms with Crippen LogP contribution in [0.5, 0.6) is 11.5 Å². The number of hydrogen-bond acceptors (Lipinski definition) is 6. The Labute approximate surface area is 207 Å². The quantitative estimate of drug-likeness (QED) is 0.476. The van der Waals surface area contributed by atoms with Crippen molar-refractivity contribution in [3.8, 4) is 11.5 Å². The van der Waals surface area contributed by atoms with Gasteiger partial charge in [0.25, 0.3) is 0 Å². The lowest BCUT2D eigenvalue weighted by molar-refractivity contribution is -0.118. The SMILES string of the molecule is COc1cc(C2C3=C(CC(C)(C)CC3=O)Nc3ncnn32)ccc1OCc1ccc(Cl)c(Cl)c1. The lowest BCUT2D eigenvalue weighted by Gasteiger charge is -2.38. The molecule has 5 rings (SSSR count). The molecule has 2 heterocycles. The van der Waals surface area contributed by atoms with Gasteiger partial charge in [0.15, 0.2) is 17.3 Å². The lowest BCUT2D eigenvalue weighted by atomic mass is 9.73. The maximum atomic E-state index is 13.3. The van der Waals surface area contributed by atoms with Crippen LogP contribution >= 0.6 is 23.2 Å². The summed E-state index contributed by atoms with van der Waals surface area (Å²) in [6, 6.07) is 10.7. The van der Waals surface area contributed by atoms with E-state index in [9.17, 15) is 4.79 Å².